The minimum atomic E-state index is -0.663. The molecule has 0 saturated heterocycles. The maximum atomic E-state index is 10.4. The lowest BCUT2D eigenvalue weighted by molar-refractivity contribution is -0.120. The number of hydrogen-bond acceptors (Lipinski definition) is 3. The van der Waals surface area contributed by atoms with Crippen LogP contribution in [0.4, 0.5) is 0 Å². The summed E-state index contributed by atoms with van der Waals surface area (Å²) in [7, 11) is 0. The van der Waals surface area contributed by atoms with Crippen LogP contribution in [-0.4, -0.2) is 12.5 Å². The first-order valence-electron chi connectivity index (χ1n) is 3.11. The average Bonchev–Trinajstić information content (AvgIpc) is 1.89. The van der Waals surface area contributed by atoms with Crippen molar-refractivity contribution in [2.24, 2.45) is 17.4 Å². The highest BCUT2D eigenvalue weighted by Crippen LogP contribution is 2.02. The normalized spacial score (nSPS) is 12.0. The predicted molar refractivity (Wildman–Crippen MR) is 36.6 cm³/mol. The van der Waals surface area contributed by atoms with E-state index < -0.39 is 11.8 Å². The van der Waals surface area contributed by atoms with E-state index in [1.807, 2.05) is 0 Å². The van der Waals surface area contributed by atoms with Crippen molar-refractivity contribution in [2.75, 3.05) is 6.54 Å². The smallest absolute Gasteiger partial charge is 0.234 e. The number of carbonyl (C=O) groups excluding carboxylic acids is 1. The molecule has 0 heterocycles. The Labute approximate surface area is 59.8 Å². The molecular formula is C6H11N3O. The topological polar surface area (TPSA) is 92.9 Å². The SMILES string of the molecule is N#CC(CCCN)C(N)=O. The van der Waals surface area contributed by atoms with Crippen LogP contribution in [-0.2, 0) is 4.79 Å². The summed E-state index contributed by atoms with van der Waals surface area (Å²) in [6.07, 6.45) is 1.14. The van der Waals surface area contributed by atoms with Gasteiger partial charge in [-0.3, -0.25) is 4.79 Å². The fourth-order valence-corrected chi connectivity index (χ4v) is 0.592. The first kappa shape index (κ1) is 8.92. The van der Waals surface area contributed by atoms with Gasteiger partial charge in [0.2, 0.25) is 5.91 Å². The standard InChI is InChI=1S/C6H11N3O/c7-3-1-2-5(4-8)6(9)10/h5H,1-3,7H2,(H2,9,10). The average molecular weight is 141 g/mol. The van der Waals surface area contributed by atoms with Crippen LogP contribution >= 0.6 is 0 Å². The first-order valence-corrected chi connectivity index (χ1v) is 3.11. The van der Waals surface area contributed by atoms with Gasteiger partial charge in [-0.05, 0) is 19.4 Å². The van der Waals surface area contributed by atoms with E-state index in [1.54, 1.807) is 6.07 Å². The molecule has 0 aromatic rings. The molecule has 10 heavy (non-hydrogen) atoms. The van der Waals surface area contributed by atoms with Gasteiger partial charge in [-0.25, -0.2) is 0 Å². The quantitative estimate of drug-likeness (QED) is 0.544. The Bertz CT molecular complexity index is 150. The number of rotatable bonds is 4. The van der Waals surface area contributed by atoms with Crippen molar-refractivity contribution in [1.29, 1.82) is 5.26 Å². The molecule has 0 rings (SSSR count). The number of nitrogens with zero attached hydrogens (tertiary/aromatic N) is 1. The summed E-state index contributed by atoms with van der Waals surface area (Å²) >= 11 is 0. The van der Waals surface area contributed by atoms with E-state index in [4.69, 9.17) is 16.7 Å². The van der Waals surface area contributed by atoms with Crippen molar-refractivity contribution in [2.45, 2.75) is 12.8 Å². The second-order valence-corrected chi connectivity index (χ2v) is 2.01. The number of amides is 1. The Morgan fingerprint density at radius 1 is 1.70 bits per heavy atom. The largest absolute Gasteiger partial charge is 0.369 e. The molecule has 0 saturated carbocycles. The lowest BCUT2D eigenvalue weighted by Crippen LogP contribution is -2.22. The Kier molecular flexibility index (Phi) is 4.25. The van der Waals surface area contributed by atoms with Crippen LogP contribution in [0.3, 0.4) is 0 Å². The third kappa shape index (κ3) is 3.05. The van der Waals surface area contributed by atoms with Gasteiger partial charge in [0.1, 0.15) is 5.92 Å². The van der Waals surface area contributed by atoms with Gasteiger partial charge in [0.25, 0.3) is 0 Å². The van der Waals surface area contributed by atoms with E-state index in [9.17, 15) is 4.79 Å². The van der Waals surface area contributed by atoms with Crippen molar-refractivity contribution in [3.8, 4) is 6.07 Å². The Balaban J connectivity index is 3.64. The molecule has 0 aliphatic rings. The highest BCUT2D eigenvalue weighted by atomic mass is 16.1. The highest BCUT2D eigenvalue weighted by molar-refractivity contribution is 5.79. The van der Waals surface area contributed by atoms with Gasteiger partial charge in [-0.1, -0.05) is 0 Å². The fourth-order valence-electron chi connectivity index (χ4n) is 0.592. The number of nitriles is 1. The van der Waals surface area contributed by atoms with E-state index in [0.29, 0.717) is 19.4 Å². The molecule has 0 aliphatic heterocycles. The summed E-state index contributed by atoms with van der Waals surface area (Å²) in [6.45, 7) is 0.492. The summed E-state index contributed by atoms with van der Waals surface area (Å²) < 4.78 is 0. The summed E-state index contributed by atoms with van der Waals surface area (Å²) in [4.78, 5) is 10.4. The monoisotopic (exact) mass is 141 g/mol. The molecule has 0 aromatic heterocycles. The van der Waals surface area contributed by atoms with Crippen molar-refractivity contribution in [1.82, 2.24) is 0 Å². The van der Waals surface area contributed by atoms with E-state index in [1.165, 1.54) is 0 Å². The molecule has 1 atom stereocenters. The minimum Gasteiger partial charge on any atom is -0.369 e. The number of carbonyl (C=O) groups is 1. The number of primary amides is 1. The second kappa shape index (κ2) is 4.77. The molecule has 4 N–H and O–H groups in total. The lowest BCUT2D eigenvalue weighted by Gasteiger charge is -2.00. The first-order chi connectivity index (χ1) is 4.72. The van der Waals surface area contributed by atoms with Gasteiger partial charge >= 0.3 is 0 Å². The van der Waals surface area contributed by atoms with Crippen LogP contribution < -0.4 is 11.5 Å². The molecule has 4 nitrogen and oxygen atoms in total. The van der Waals surface area contributed by atoms with E-state index in [-0.39, 0.29) is 0 Å². The molecule has 1 amide bonds. The van der Waals surface area contributed by atoms with Crippen LogP contribution in [0.2, 0.25) is 0 Å². The third-order valence-electron chi connectivity index (χ3n) is 1.20. The van der Waals surface area contributed by atoms with Crippen LogP contribution in [0.25, 0.3) is 0 Å². The fraction of sp³-hybridized carbons (Fsp3) is 0.667. The zero-order chi connectivity index (χ0) is 7.98. The van der Waals surface area contributed by atoms with E-state index in [2.05, 4.69) is 0 Å². The van der Waals surface area contributed by atoms with Crippen molar-refractivity contribution in [3.63, 3.8) is 0 Å². The molecular weight excluding hydrogens is 130 g/mol. The predicted octanol–water partition coefficient (Wildman–Crippen LogP) is -0.650. The van der Waals surface area contributed by atoms with Crippen LogP contribution in [0.5, 0.6) is 0 Å². The summed E-state index contributed by atoms with van der Waals surface area (Å²) in [5.74, 6) is -1.22. The highest BCUT2D eigenvalue weighted by Gasteiger charge is 2.12. The summed E-state index contributed by atoms with van der Waals surface area (Å²) in [6, 6.07) is 1.81. The second-order valence-electron chi connectivity index (χ2n) is 2.01. The van der Waals surface area contributed by atoms with Gasteiger partial charge in [0.15, 0.2) is 0 Å². The molecule has 0 aromatic carbocycles. The molecule has 0 radical (unpaired) electrons. The Morgan fingerprint density at radius 2 is 2.30 bits per heavy atom. The molecule has 4 heteroatoms. The molecule has 56 valence electrons. The van der Waals surface area contributed by atoms with Gasteiger partial charge < -0.3 is 11.5 Å². The van der Waals surface area contributed by atoms with Crippen LogP contribution in [0.1, 0.15) is 12.8 Å². The zero-order valence-corrected chi connectivity index (χ0v) is 5.71. The Morgan fingerprint density at radius 3 is 2.60 bits per heavy atom. The summed E-state index contributed by atoms with van der Waals surface area (Å²) in [5, 5.41) is 8.33. The van der Waals surface area contributed by atoms with Crippen LogP contribution in [0.15, 0.2) is 0 Å². The third-order valence-corrected chi connectivity index (χ3v) is 1.20. The molecule has 0 spiro atoms. The number of hydrogen-bond donors (Lipinski definition) is 2. The van der Waals surface area contributed by atoms with Gasteiger partial charge in [0, 0.05) is 0 Å². The van der Waals surface area contributed by atoms with E-state index >= 15 is 0 Å². The van der Waals surface area contributed by atoms with Crippen LogP contribution in [0, 0.1) is 17.2 Å². The van der Waals surface area contributed by atoms with Gasteiger partial charge in [-0.2, -0.15) is 5.26 Å². The lowest BCUT2D eigenvalue weighted by atomic mass is 10.1. The number of nitrogens with two attached hydrogens (primary N) is 2. The van der Waals surface area contributed by atoms with Crippen molar-refractivity contribution < 1.29 is 4.79 Å². The maximum Gasteiger partial charge on any atom is 0.234 e. The molecule has 0 aliphatic carbocycles. The summed E-state index contributed by atoms with van der Waals surface area (Å²) in [5.41, 5.74) is 10.1. The molecule has 0 fully saturated rings. The van der Waals surface area contributed by atoms with Gasteiger partial charge in [-0.15, -0.1) is 0 Å². The van der Waals surface area contributed by atoms with E-state index in [0.717, 1.165) is 0 Å². The zero-order valence-electron chi connectivity index (χ0n) is 5.71. The van der Waals surface area contributed by atoms with Crippen molar-refractivity contribution >= 4 is 5.91 Å². The van der Waals surface area contributed by atoms with Gasteiger partial charge in [0.05, 0.1) is 6.07 Å². The molecule has 0 bridgehead atoms. The maximum absolute atomic E-state index is 10.4. The van der Waals surface area contributed by atoms with Crippen molar-refractivity contribution in [3.05, 3.63) is 0 Å². The minimum absolute atomic E-state index is 0.475. The Hall–Kier alpha value is -1.08. The molecule has 1 unspecified atom stereocenters.